The van der Waals surface area contributed by atoms with Gasteiger partial charge in [-0.15, -0.1) is 0 Å². The minimum atomic E-state index is 0.418. The maximum atomic E-state index is 4.82. The molecule has 3 rings (SSSR count). The maximum Gasteiger partial charge on any atom is 0.132 e. The molecule has 17 heavy (non-hydrogen) atoms. The number of hydrogen-bond acceptors (Lipinski definition) is 3. The minimum absolute atomic E-state index is 0.418. The molecule has 1 aromatic heterocycles. The Hall–Kier alpha value is -0.960. The summed E-state index contributed by atoms with van der Waals surface area (Å²) in [6.07, 6.45) is 3.36. The lowest BCUT2D eigenvalue weighted by Crippen LogP contribution is -2.27. The SMILES string of the molecule is CCc1nc(C2CC2(C)C)nc2c1CCNC2. The first-order valence-electron chi connectivity index (χ1n) is 6.71. The summed E-state index contributed by atoms with van der Waals surface area (Å²) in [5, 5.41) is 3.41. The highest BCUT2D eigenvalue weighted by molar-refractivity contribution is 5.31. The molecular weight excluding hydrogens is 210 g/mol. The topological polar surface area (TPSA) is 37.8 Å². The summed E-state index contributed by atoms with van der Waals surface area (Å²) in [4.78, 5) is 9.63. The normalized spacial score (nSPS) is 25.5. The molecule has 1 fully saturated rings. The molecule has 3 heteroatoms. The molecule has 2 heterocycles. The number of aromatic nitrogens is 2. The van der Waals surface area contributed by atoms with E-state index in [1.54, 1.807) is 0 Å². The van der Waals surface area contributed by atoms with E-state index in [0.717, 1.165) is 31.8 Å². The number of aryl methyl sites for hydroxylation is 1. The molecule has 1 N–H and O–H groups in total. The van der Waals surface area contributed by atoms with Crippen molar-refractivity contribution in [3.05, 3.63) is 22.8 Å². The second-order valence-corrected chi connectivity index (χ2v) is 5.98. The van der Waals surface area contributed by atoms with Crippen LogP contribution < -0.4 is 5.32 Å². The van der Waals surface area contributed by atoms with Crippen molar-refractivity contribution in [1.82, 2.24) is 15.3 Å². The third-order valence-electron chi connectivity index (χ3n) is 4.20. The van der Waals surface area contributed by atoms with Gasteiger partial charge in [-0.2, -0.15) is 0 Å². The van der Waals surface area contributed by atoms with Crippen molar-refractivity contribution < 1.29 is 0 Å². The summed E-state index contributed by atoms with van der Waals surface area (Å²) in [5.74, 6) is 1.68. The molecule has 3 nitrogen and oxygen atoms in total. The Morgan fingerprint density at radius 3 is 2.76 bits per heavy atom. The first-order valence-corrected chi connectivity index (χ1v) is 6.71. The van der Waals surface area contributed by atoms with Gasteiger partial charge in [0.25, 0.3) is 0 Å². The molecule has 1 aromatic rings. The molecule has 0 bridgehead atoms. The van der Waals surface area contributed by atoms with Crippen LogP contribution in [0.4, 0.5) is 0 Å². The lowest BCUT2D eigenvalue weighted by atomic mass is 10.0. The number of fused-ring (bicyclic) bond motifs is 1. The van der Waals surface area contributed by atoms with Crippen molar-refractivity contribution in [3.63, 3.8) is 0 Å². The average Bonchev–Trinajstić information content (AvgIpc) is 2.97. The van der Waals surface area contributed by atoms with E-state index in [4.69, 9.17) is 9.97 Å². The fraction of sp³-hybridized carbons (Fsp3) is 0.714. The molecule has 0 amide bonds. The predicted molar refractivity (Wildman–Crippen MR) is 68.0 cm³/mol. The third kappa shape index (κ3) is 1.86. The molecular formula is C14H21N3. The average molecular weight is 231 g/mol. The van der Waals surface area contributed by atoms with Gasteiger partial charge in [0.2, 0.25) is 0 Å². The molecule has 0 radical (unpaired) electrons. The summed E-state index contributed by atoms with van der Waals surface area (Å²) in [6.45, 7) is 8.81. The molecule has 1 unspecified atom stereocenters. The lowest BCUT2D eigenvalue weighted by molar-refractivity contribution is 0.582. The highest BCUT2D eigenvalue weighted by atomic mass is 15.0. The van der Waals surface area contributed by atoms with E-state index >= 15 is 0 Å². The van der Waals surface area contributed by atoms with Crippen LogP contribution in [0.3, 0.4) is 0 Å². The number of nitrogens with one attached hydrogen (secondary N) is 1. The summed E-state index contributed by atoms with van der Waals surface area (Å²) in [5.41, 5.74) is 4.37. The van der Waals surface area contributed by atoms with E-state index < -0.39 is 0 Å². The monoisotopic (exact) mass is 231 g/mol. The Bertz CT molecular complexity index is 434. The highest BCUT2D eigenvalue weighted by Crippen LogP contribution is 2.57. The Labute approximate surface area is 103 Å². The lowest BCUT2D eigenvalue weighted by Gasteiger charge is -2.20. The van der Waals surface area contributed by atoms with Gasteiger partial charge >= 0.3 is 0 Å². The van der Waals surface area contributed by atoms with Crippen molar-refractivity contribution in [2.24, 2.45) is 5.41 Å². The van der Waals surface area contributed by atoms with Gasteiger partial charge in [-0.25, -0.2) is 9.97 Å². The third-order valence-corrected chi connectivity index (χ3v) is 4.20. The van der Waals surface area contributed by atoms with Crippen LogP contribution >= 0.6 is 0 Å². The van der Waals surface area contributed by atoms with E-state index in [1.807, 2.05) is 0 Å². The Morgan fingerprint density at radius 2 is 2.12 bits per heavy atom. The van der Waals surface area contributed by atoms with Gasteiger partial charge in [0.15, 0.2) is 0 Å². The number of hydrogen-bond donors (Lipinski definition) is 1. The van der Waals surface area contributed by atoms with E-state index in [1.165, 1.54) is 23.4 Å². The van der Waals surface area contributed by atoms with Gasteiger partial charge in [0.05, 0.1) is 5.69 Å². The first-order chi connectivity index (χ1) is 8.12. The molecule has 0 spiro atoms. The van der Waals surface area contributed by atoms with Gasteiger partial charge in [0, 0.05) is 18.2 Å². The van der Waals surface area contributed by atoms with Crippen LogP contribution in [0.2, 0.25) is 0 Å². The Morgan fingerprint density at radius 1 is 1.35 bits per heavy atom. The zero-order chi connectivity index (χ0) is 12.0. The molecule has 1 aliphatic heterocycles. The maximum absolute atomic E-state index is 4.82. The van der Waals surface area contributed by atoms with Crippen molar-refractivity contribution in [3.8, 4) is 0 Å². The Balaban J connectivity index is 2.01. The molecule has 0 aromatic carbocycles. The van der Waals surface area contributed by atoms with Crippen LogP contribution in [-0.4, -0.2) is 16.5 Å². The van der Waals surface area contributed by atoms with Crippen molar-refractivity contribution >= 4 is 0 Å². The largest absolute Gasteiger partial charge is 0.311 e. The van der Waals surface area contributed by atoms with Crippen LogP contribution in [0.15, 0.2) is 0 Å². The van der Waals surface area contributed by atoms with E-state index in [0.29, 0.717) is 11.3 Å². The minimum Gasteiger partial charge on any atom is -0.311 e. The zero-order valence-electron chi connectivity index (χ0n) is 11.0. The van der Waals surface area contributed by atoms with Gasteiger partial charge in [-0.3, -0.25) is 0 Å². The van der Waals surface area contributed by atoms with Crippen LogP contribution in [0.1, 0.15) is 55.9 Å². The second kappa shape index (κ2) is 3.77. The van der Waals surface area contributed by atoms with Gasteiger partial charge in [-0.05, 0) is 36.8 Å². The van der Waals surface area contributed by atoms with Crippen LogP contribution in [-0.2, 0) is 19.4 Å². The van der Waals surface area contributed by atoms with Crippen molar-refractivity contribution in [1.29, 1.82) is 0 Å². The number of rotatable bonds is 2. The van der Waals surface area contributed by atoms with Gasteiger partial charge < -0.3 is 5.32 Å². The molecule has 92 valence electrons. The number of nitrogens with zero attached hydrogens (tertiary/aromatic N) is 2. The second-order valence-electron chi connectivity index (χ2n) is 5.98. The first kappa shape index (κ1) is 11.1. The van der Waals surface area contributed by atoms with E-state index in [9.17, 15) is 0 Å². The predicted octanol–water partition coefficient (Wildman–Crippen LogP) is 2.20. The summed E-state index contributed by atoms with van der Waals surface area (Å²) in [6, 6.07) is 0. The van der Waals surface area contributed by atoms with E-state index in [-0.39, 0.29) is 0 Å². The highest BCUT2D eigenvalue weighted by Gasteiger charge is 2.48. The molecule has 0 saturated heterocycles. The van der Waals surface area contributed by atoms with Crippen LogP contribution in [0.25, 0.3) is 0 Å². The van der Waals surface area contributed by atoms with Gasteiger partial charge in [0.1, 0.15) is 5.82 Å². The summed E-state index contributed by atoms with van der Waals surface area (Å²) in [7, 11) is 0. The molecule has 1 atom stereocenters. The summed E-state index contributed by atoms with van der Waals surface area (Å²) >= 11 is 0. The molecule has 2 aliphatic rings. The van der Waals surface area contributed by atoms with Crippen molar-refractivity contribution in [2.45, 2.75) is 52.5 Å². The van der Waals surface area contributed by atoms with E-state index in [2.05, 4.69) is 26.1 Å². The zero-order valence-corrected chi connectivity index (χ0v) is 11.0. The Kier molecular flexibility index (Phi) is 2.47. The van der Waals surface area contributed by atoms with Gasteiger partial charge in [-0.1, -0.05) is 20.8 Å². The van der Waals surface area contributed by atoms with Crippen molar-refractivity contribution in [2.75, 3.05) is 6.54 Å². The molecule has 1 saturated carbocycles. The summed E-state index contributed by atoms with van der Waals surface area (Å²) < 4.78 is 0. The fourth-order valence-electron chi connectivity index (χ4n) is 2.81. The quantitative estimate of drug-likeness (QED) is 0.848. The fourth-order valence-corrected chi connectivity index (χ4v) is 2.81. The molecule has 1 aliphatic carbocycles. The van der Waals surface area contributed by atoms with Crippen LogP contribution in [0.5, 0.6) is 0 Å². The standard InChI is InChI=1S/C14H21N3/c1-4-11-9-5-6-15-8-12(9)17-13(16-11)10-7-14(10,2)3/h10,15H,4-8H2,1-3H3. The smallest absolute Gasteiger partial charge is 0.132 e. The van der Waals surface area contributed by atoms with Crippen LogP contribution in [0, 0.1) is 5.41 Å².